The van der Waals surface area contributed by atoms with Crippen molar-refractivity contribution in [2.45, 2.75) is 24.0 Å². The van der Waals surface area contributed by atoms with Crippen LogP contribution >= 0.6 is 23.7 Å². The Morgan fingerprint density at radius 3 is 2.64 bits per heavy atom. The van der Waals surface area contributed by atoms with Crippen LogP contribution < -0.4 is 10.6 Å². The van der Waals surface area contributed by atoms with Gasteiger partial charge >= 0.3 is 0 Å². The zero-order chi connectivity index (χ0) is 17.2. The maximum Gasteiger partial charge on any atom is 0.241 e. The lowest BCUT2D eigenvalue weighted by molar-refractivity contribution is -0.124. The summed E-state index contributed by atoms with van der Waals surface area (Å²) in [5, 5.41) is 6.86. The van der Waals surface area contributed by atoms with Crippen molar-refractivity contribution < 1.29 is 13.2 Å². The quantitative estimate of drug-likeness (QED) is 0.790. The maximum atomic E-state index is 12.6. The molecule has 6 nitrogen and oxygen atoms in total. The summed E-state index contributed by atoms with van der Waals surface area (Å²) < 4.78 is 24.2. The molecule has 0 atom stereocenters. The van der Waals surface area contributed by atoms with E-state index in [2.05, 4.69) is 15.6 Å². The number of halogens is 1. The lowest BCUT2D eigenvalue weighted by Gasteiger charge is -2.34. The molecule has 25 heavy (non-hydrogen) atoms. The van der Waals surface area contributed by atoms with Crippen molar-refractivity contribution in [1.82, 2.24) is 15.6 Å². The molecule has 0 bridgehead atoms. The number of sulfone groups is 1. The summed E-state index contributed by atoms with van der Waals surface area (Å²) in [6, 6.07) is 7.89. The lowest BCUT2D eigenvalue weighted by atomic mass is 9.96. The SMILES string of the molecule is CS(=O)(=O)C1(C(=O)NCCc2nc3ccccc3s2)CCNCC1.Cl. The molecule has 1 aliphatic heterocycles. The third kappa shape index (κ3) is 4.13. The standard InChI is InChI=1S/C16H21N3O3S2.ClH/c1-24(21,22)16(7-10-17-11-8-16)15(20)18-9-6-14-19-12-4-2-3-5-13(12)23-14;/h2-5,17H,6-11H2,1H3,(H,18,20);1H. The summed E-state index contributed by atoms with van der Waals surface area (Å²) >= 11 is 1.60. The zero-order valence-electron chi connectivity index (χ0n) is 13.9. The highest BCUT2D eigenvalue weighted by Gasteiger charge is 2.48. The van der Waals surface area contributed by atoms with Crippen LogP contribution in [0.3, 0.4) is 0 Å². The Morgan fingerprint density at radius 1 is 1.32 bits per heavy atom. The van der Waals surface area contributed by atoms with E-state index in [-0.39, 0.29) is 18.3 Å². The first kappa shape index (κ1) is 20.1. The Kier molecular flexibility index (Phi) is 6.42. The molecule has 138 valence electrons. The number of hydrogen-bond donors (Lipinski definition) is 2. The third-order valence-electron chi connectivity index (χ3n) is 4.50. The fourth-order valence-electron chi connectivity index (χ4n) is 3.07. The second-order valence-electron chi connectivity index (χ2n) is 6.10. The molecule has 0 radical (unpaired) electrons. The van der Waals surface area contributed by atoms with Crippen molar-refractivity contribution in [3.05, 3.63) is 29.3 Å². The molecule has 3 rings (SSSR count). The van der Waals surface area contributed by atoms with Gasteiger partial charge in [-0.2, -0.15) is 0 Å². The number of hydrogen-bond acceptors (Lipinski definition) is 6. The monoisotopic (exact) mass is 403 g/mol. The summed E-state index contributed by atoms with van der Waals surface area (Å²) in [5.74, 6) is -0.382. The molecule has 2 aromatic rings. The Morgan fingerprint density at radius 2 is 2.00 bits per heavy atom. The molecule has 1 fully saturated rings. The van der Waals surface area contributed by atoms with Gasteiger partial charge in [0.05, 0.1) is 15.2 Å². The Hall–Kier alpha value is -1.22. The Balaban J connectivity index is 0.00000225. The highest BCUT2D eigenvalue weighted by Crippen LogP contribution is 2.28. The fourth-order valence-corrected chi connectivity index (χ4v) is 5.39. The Labute approximate surface area is 157 Å². The first-order valence-electron chi connectivity index (χ1n) is 7.95. The van der Waals surface area contributed by atoms with Crippen LogP contribution in [0.4, 0.5) is 0 Å². The van der Waals surface area contributed by atoms with Crippen molar-refractivity contribution in [3.8, 4) is 0 Å². The van der Waals surface area contributed by atoms with Gasteiger partial charge in [-0.05, 0) is 38.1 Å². The van der Waals surface area contributed by atoms with Gasteiger partial charge < -0.3 is 10.6 Å². The number of nitrogens with one attached hydrogen (secondary N) is 2. The van der Waals surface area contributed by atoms with Crippen LogP contribution in [0.15, 0.2) is 24.3 Å². The van der Waals surface area contributed by atoms with E-state index in [1.54, 1.807) is 11.3 Å². The minimum atomic E-state index is -3.47. The molecule has 1 saturated heterocycles. The van der Waals surface area contributed by atoms with E-state index < -0.39 is 14.6 Å². The molecule has 2 heterocycles. The second kappa shape index (κ2) is 7.99. The number of benzene rings is 1. The van der Waals surface area contributed by atoms with E-state index in [0.29, 0.717) is 38.9 Å². The van der Waals surface area contributed by atoms with E-state index in [1.165, 1.54) is 0 Å². The van der Waals surface area contributed by atoms with Crippen molar-refractivity contribution in [1.29, 1.82) is 0 Å². The van der Waals surface area contributed by atoms with Crippen LogP contribution in [0.1, 0.15) is 17.8 Å². The van der Waals surface area contributed by atoms with Crippen LogP contribution in [0.5, 0.6) is 0 Å². The largest absolute Gasteiger partial charge is 0.354 e. The van der Waals surface area contributed by atoms with E-state index in [0.717, 1.165) is 21.5 Å². The number of amides is 1. The van der Waals surface area contributed by atoms with Crippen LogP contribution in [0.25, 0.3) is 10.2 Å². The Bertz CT molecular complexity index is 812. The second-order valence-corrected chi connectivity index (χ2v) is 9.54. The van der Waals surface area contributed by atoms with Gasteiger partial charge in [0.15, 0.2) is 14.6 Å². The van der Waals surface area contributed by atoms with Gasteiger partial charge in [0.2, 0.25) is 5.91 Å². The van der Waals surface area contributed by atoms with Gasteiger partial charge in [-0.3, -0.25) is 4.79 Å². The van der Waals surface area contributed by atoms with Crippen molar-refractivity contribution in [2.75, 3.05) is 25.9 Å². The van der Waals surface area contributed by atoms with Gasteiger partial charge in [-0.25, -0.2) is 13.4 Å². The van der Waals surface area contributed by atoms with Crippen molar-refractivity contribution >= 4 is 49.7 Å². The predicted octanol–water partition coefficient (Wildman–Crippen LogP) is 1.54. The molecule has 1 aliphatic rings. The average Bonchev–Trinajstić information content (AvgIpc) is 2.97. The minimum absolute atomic E-state index is 0. The van der Waals surface area contributed by atoms with E-state index in [4.69, 9.17) is 0 Å². The number of piperidine rings is 1. The van der Waals surface area contributed by atoms with Crippen molar-refractivity contribution in [3.63, 3.8) is 0 Å². The van der Waals surface area contributed by atoms with Gasteiger partial charge in [-0.1, -0.05) is 12.1 Å². The molecule has 2 N–H and O–H groups in total. The van der Waals surface area contributed by atoms with Crippen LogP contribution in [-0.2, 0) is 21.1 Å². The summed E-state index contributed by atoms with van der Waals surface area (Å²) in [6.45, 7) is 1.47. The van der Waals surface area contributed by atoms with Crippen LogP contribution in [0.2, 0.25) is 0 Å². The smallest absolute Gasteiger partial charge is 0.241 e. The number of para-hydroxylation sites is 1. The van der Waals surface area contributed by atoms with Gasteiger partial charge in [0.25, 0.3) is 0 Å². The molecular formula is C16H22ClN3O3S2. The number of nitrogens with zero attached hydrogens (tertiary/aromatic N) is 1. The lowest BCUT2D eigenvalue weighted by Crippen LogP contribution is -2.57. The van der Waals surface area contributed by atoms with E-state index in [9.17, 15) is 13.2 Å². The summed E-state index contributed by atoms with van der Waals surface area (Å²) in [7, 11) is -3.47. The van der Waals surface area contributed by atoms with Crippen LogP contribution in [-0.4, -0.2) is 49.9 Å². The van der Waals surface area contributed by atoms with Crippen LogP contribution in [0, 0.1) is 0 Å². The molecule has 0 spiro atoms. The summed E-state index contributed by atoms with van der Waals surface area (Å²) in [6.07, 6.45) is 2.40. The predicted molar refractivity (Wildman–Crippen MR) is 103 cm³/mol. The topological polar surface area (TPSA) is 88.2 Å². The molecule has 0 saturated carbocycles. The van der Waals surface area contributed by atoms with Gasteiger partial charge in [-0.15, -0.1) is 23.7 Å². The molecular weight excluding hydrogens is 382 g/mol. The molecule has 0 unspecified atom stereocenters. The highest BCUT2D eigenvalue weighted by atomic mass is 35.5. The van der Waals surface area contributed by atoms with Crippen molar-refractivity contribution in [2.24, 2.45) is 0 Å². The normalized spacial score (nSPS) is 17.0. The molecule has 1 amide bonds. The minimum Gasteiger partial charge on any atom is -0.354 e. The number of thiazole rings is 1. The number of carbonyl (C=O) groups is 1. The fraction of sp³-hybridized carbons (Fsp3) is 0.500. The number of aromatic nitrogens is 1. The summed E-state index contributed by atoms with van der Waals surface area (Å²) in [5.41, 5.74) is 0.954. The van der Waals surface area contributed by atoms with Gasteiger partial charge in [0.1, 0.15) is 0 Å². The highest BCUT2D eigenvalue weighted by molar-refractivity contribution is 7.92. The molecule has 1 aromatic heterocycles. The third-order valence-corrected chi connectivity index (χ3v) is 7.61. The van der Waals surface area contributed by atoms with E-state index >= 15 is 0 Å². The molecule has 9 heteroatoms. The number of fused-ring (bicyclic) bond motifs is 1. The average molecular weight is 404 g/mol. The number of carbonyl (C=O) groups excluding carboxylic acids is 1. The first-order chi connectivity index (χ1) is 11.4. The zero-order valence-corrected chi connectivity index (χ0v) is 16.4. The molecule has 0 aliphatic carbocycles. The molecule has 1 aromatic carbocycles. The van der Waals surface area contributed by atoms with Gasteiger partial charge in [0, 0.05) is 19.2 Å². The summed E-state index contributed by atoms with van der Waals surface area (Å²) in [4.78, 5) is 17.1. The maximum absolute atomic E-state index is 12.6. The first-order valence-corrected chi connectivity index (χ1v) is 10.7. The van der Waals surface area contributed by atoms with E-state index in [1.807, 2.05) is 24.3 Å². The number of rotatable bonds is 5.